The molecule has 0 saturated carbocycles. The molecule has 0 atom stereocenters. The number of rotatable bonds is 2. The number of carbonyl (C=O) groups excluding carboxylic acids is 2. The minimum Gasteiger partial charge on any atom is -0.402 e. The molecule has 0 aliphatic heterocycles. The number of fused-ring (bicyclic) bond motifs is 2. The van der Waals surface area contributed by atoms with Crippen LogP contribution in [0.3, 0.4) is 0 Å². The van der Waals surface area contributed by atoms with E-state index in [4.69, 9.17) is 4.18 Å². The summed E-state index contributed by atoms with van der Waals surface area (Å²) in [6.45, 7) is 0. The summed E-state index contributed by atoms with van der Waals surface area (Å²) in [6, 6.07) is 11.3. The molecule has 2 aromatic carbocycles. The zero-order valence-electron chi connectivity index (χ0n) is 9.62. The number of thiol groups is 1. The third-order valence-electron chi connectivity index (χ3n) is 3.05. The first-order valence-corrected chi connectivity index (χ1v) is 6.28. The molecule has 4 nitrogen and oxygen atoms in total. The van der Waals surface area contributed by atoms with Gasteiger partial charge in [0.2, 0.25) is 0 Å². The summed E-state index contributed by atoms with van der Waals surface area (Å²) in [7, 11) is 0. The highest BCUT2D eigenvalue weighted by molar-refractivity contribution is 7.60. The fourth-order valence-corrected chi connectivity index (χ4v) is 2.46. The standard InChI is InChI=1S/C14H8O4S/c15-13-8-4-1-2-5-9(8)14(16)12-10(13)6-3-7-11(12)18-19-17/h1-7,19H. The van der Waals surface area contributed by atoms with E-state index in [-0.39, 0.29) is 28.4 Å². The Morgan fingerprint density at radius 1 is 0.789 bits per heavy atom. The van der Waals surface area contributed by atoms with Crippen LogP contribution in [-0.2, 0) is 11.9 Å². The average molecular weight is 272 g/mol. The molecule has 0 amide bonds. The summed E-state index contributed by atoms with van der Waals surface area (Å²) in [6.07, 6.45) is 0. The van der Waals surface area contributed by atoms with E-state index in [1.165, 1.54) is 6.07 Å². The van der Waals surface area contributed by atoms with Gasteiger partial charge in [-0.2, -0.15) is 0 Å². The highest BCUT2D eigenvalue weighted by Gasteiger charge is 2.31. The van der Waals surface area contributed by atoms with Crippen LogP contribution < -0.4 is 4.18 Å². The van der Waals surface area contributed by atoms with E-state index in [0.29, 0.717) is 11.1 Å². The molecule has 0 bridgehead atoms. The average Bonchev–Trinajstić information content (AvgIpc) is 2.45. The van der Waals surface area contributed by atoms with Gasteiger partial charge in [0.25, 0.3) is 0 Å². The SMILES string of the molecule is O=[SH]Oc1cccc2c1C(=O)c1ccccc1C2=O. The molecule has 0 spiro atoms. The minimum atomic E-state index is -0.562. The fraction of sp³-hybridized carbons (Fsp3) is 0. The Morgan fingerprint density at radius 3 is 2.11 bits per heavy atom. The van der Waals surface area contributed by atoms with Gasteiger partial charge in [-0.25, -0.2) is 4.21 Å². The third-order valence-corrected chi connectivity index (χ3v) is 3.32. The van der Waals surface area contributed by atoms with Gasteiger partial charge in [-0.3, -0.25) is 9.59 Å². The summed E-state index contributed by atoms with van der Waals surface area (Å²) in [4.78, 5) is 24.7. The molecule has 3 rings (SSSR count). The molecule has 1 aliphatic carbocycles. The zero-order valence-corrected chi connectivity index (χ0v) is 10.5. The van der Waals surface area contributed by atoms with Gasteiger partial charge in [-0.1, -0.05) is 36.4 Å². The van der Waals surface area contributed by atoms with Crippen molar-refractivity contribution in [3.8, 4) is 5.75 Å². The van der Waals surface area contributed by atoms with Crippen molar-refractivity contribution in [2.24, 2.45) is 0 Å². The topological polar surface area (TPSA) is 60.4 Å². The van der Waals surface area contributed by atoms with E-state index in [1.807, 2.05) is 0 Å². The molecule has 19 heavy (non-hydrogen) atoms. The number of benzene rings is 2. The van der Waals surface area contributed by atoms with E-state index in [0.717, 1.165) is 0 Å². The Morgan fingerprint density at radius 2 is 1.42 bits per heavy atom. The second-order valence-electron chi connectivity index (χ2n) is 4.05. The van der Waals surface area contributed by atoms with Crippen molar-refractivity contribution in [3.05, 3.63) is 64.7 Å². The predicted molar refractivity (Wildman–Crippen MR) is 69.9 cm³/mol. The molecular formula is C14H8O4S. The van der Waals surface area contributed by atoms with Crippen molar-refractivity contribution in [1.29, 1.82) is 0 Å². The first-order valence-electron chi connectivity index (χ1n) is 5.55. The van der Waals surface area contributed by atoms with Gasteiger partial charge in [0, 0.05) is 16.7 Å². The van der Waals surface area contributed by atoms with Crippen molar-refractivity contribution in [2.45, 2.75) is 0 Å². The first kappa shape index (κ1) is 11.8. The van der Waals surface area contributed by atoms with Crippen molar-refractivity contribution >= 4 is 23.5 Å². The number of ketones is 2. The van der Waals surface area contributed by atoms with Crippen LogP contribution in [0.2, 0.25) is 0 Å². The molecule has 1 aliphatic rings. The summed E-state index contributed by atoms with van der Waals surface area (Å²) in [5.74, 6) is -0.357. The second-order valence-corrected chi connectivity index (χ2v) is 4.38. The van der Waals surface area contributed by atoms with Crippen molar-refractivity contribution in [3.63, 3.8) is 0 Å². The van der Waals surface area contributed by atoms with Crippen LogP contribution in [0, 0.1) is 0 Å². The molecule has 2 aromatic rings. The number of carbonyl (C=O) groups is 2. The lowest BCUT2D eigenvalue weighted by molar-refractivity contribution is 0.0978. The van der Waals surface area contributed by atoms with Gasteiger partial charge in [-0.05, 0) is 6.07 Å². The molecular weight excluding hydrogens is 264 g/mol. The van der Waals surface area contributed by atoms with Gasteiger partial charge >= 0.3 is 0 Å². The van der Waals surface area contributed by atoms with E-state index < -0.39 is 11.9 Å². The van der Waals surface area contributed by atoms with Gasteiger partial charge in [0.15, 0.2) is 29.3 Å². The smallest absolute Gasteiger partial charge is 0.198 e. The lowest BCUT2D eigenvalue weighted by atomic mass is 9.84. The van der Waals surface area contributed by atoms with Crippen LogP contribution in [0.1, 0.15) is 31.8 Å². The summed E-state index contributed by atoms with van der Waals surface area (Å²) >= 11 is -0.562. The van der Waals surface area contributed by atoms with E-state index >= 15 is 0 Å². The molecule has 0 aromatic heterocycles. The highest BCUT2D eigenvalue weighted by atomic mass is 32.2. The molecule has 0 heterocycles. The van der Waals surface area contributed by atoms with Crippen molar-refractivity contribution in [1.82, 2.24) is 0 Å². The lowest BCUT2D eigenvalue weighted by Crippen LogP contribution is -2.21. The molecule has 0 N–H and O–H groups in total. The van der Waals surface area contributed by atoms with Crippen LogP contribution >= 0.6 is 0 Å². The van der Waals surface area contributed by atoms with Crippen LogP contribution in [0.4, 0.5) is 0 Å². The summed E-state index contributed by atoms with van der Waals surface area (Å²) < 4.78 is 15.5. The van der Waals surface area contributed by atoms with Gasteiger partial charge in [-0.15, -0.1) is 0 Å². The molecule has 0 radical (unpaired) electrons. The maximum absolute atomic E-state index is 12.4. The van der Waals surface area contributed by atoms with E-state index in [9.17, 15) is 13.8 Å². The van der Waals surface area contributed by atoms with Crippen LogP contribution in [0.25, 0.3) is 0 Å². The van der Waals surface area contributed by atoms with Crippen LogP contribution in [0.5, 0.6) is 5.75 Å². The second kappa shape index (κ2) is 4.44. The van der Waals surface area contributed by atoms with Crippen LogP contribution in [-0.4, -0.2) is 15.8 Å². The Balaban J connectivity index is 2.29. The largest absolute Gasteiger partial charge is 0.402 e. The Labute approximate surface area is 112 Å². The van der Waals surface area contributed by atoms with E-state index in [2.05, 4.69) is 0 Å². The van der Waals surface area contributed by atoms with Gasteiger partial charge < -0.3 is 4.18 Å². The molecule has 0 unspecified atom stereocenters. The molecule has 0 fully saturated rings. The molecule has 5 heteroatoms. The lowest BCUT2D eigenvalue weighted by Gasteiger charge is -2.18. The monoisotopic (exact) mass is 272 g/mol. The van der Waals surface area contributed by atoms with Crippen molar-refractivity contribution in [2.75, 3.05) is 0 Å². The molecule has 0 saturated heterocycles. The van der Waals surface area contributed by atoms with Crippen molar-refractivity contribution < 1.29 is 18.0 Å². The quantitative estimate of drug-likeness (QED) is 0.721. The fourth-order valence-electron chi connectivity index (χ4n) is 2.23. The molecule has 94 valence electrons. The number of hydrogen-bond donors (Lipinski definition) is 1. The van der Waals surface area contributed by atoms with Gasteiger partial charge in [0.1, 0.15) is 0 Å². The zero-order chi connectivity index (χ0) is 13.4. The third kappa shape index (κ3) is 1.70. The van der Waals surface area contributed by atoms with Gasteiger partial charge in [0.05, 0.1) is 5.56 Å². The predicted octanol–water partition coefficient (Wildman–Crippen LogP) is 1.70. The van der Waals surface area contributed by atoms with E-state index in [1.54, 1.807) is 36.4 Å². The Hall–Kier alpha value is -2.27. The number of hydrogen-bond acceptors (Lipinski definition) is 4. The first-order chi connectivity index (χ1) is 9.24. The Kier molecular flexibility index (Phi) is 2.76. The Bertz CT molecular complexity index is 721. The maximum atomic E-state index is 12.4. The normalized spacial score (nSPS) is 12.8. The minimum absolute atomic E-state index is 0.155. The summed E-state index contributed by atoms with van der Waals surface area (Å²) in [5, 5.41) is 0. The van der Waals surface area contributed by atoms with Crippen LogP contribution in [0.15, 0.2) is 42.5 Å². The highest BCUT2D eigenvalue weighted by Crippen LogP contribution is 2.32. The summed E-state index contributed by atoms with van der Waals surface area (Å²) in [5.41, 5.74) is 1.19. The maximum Gasteiger partial charge on any atom is 0.198 e.